The number of nitrogens with one attached hydrogen (secondary N) is 1. The predicted molar refractivity (Wildman–Crippen MR) is 82.4 cm³/mol. The molecule has 0 amide bonds. The minimum Gasteiger partial charge on any atom is -0.382 e. The summed E-state index contributed by atoms with van der Waals surface area (Å²) in [5, 5.41) is 5.45. The fourth-order valence-electron chi connectivity index (χ4n) is 2.39. The van der Waals surface area contributed by atoms with Crippen LogP contribution in [0.15, 0.2) is 55.2 Å². The van der Waals surface area contributed by atoms with Crippen molar-refractivity contribution in [2.75, 3.05) is 11.1 Å². The minimum absolute atomic E-state index is 0.435. The van der Waals surface area contributed by atoms with Gasteiger partial charge in [0.1, 0.15) is 5.82 Å². The Labute approximate surface area is 120 Å². The SMILES string of the molecule is Nc1cn2ccnc2c(Nc2cccc3cnccc23)n1. The van der Waals surface area contributed by atoms with Crippen LogP contribution in [0.4, 0.5) is 17.3 Å². The number of fused-ring (bicyclic) bond motifs is 2. The van der Waals surface area contributed by atoms with Gasteiger partial charge in [-0.15, -0.1) is 0 Å². The van der Waals surface area contributed by atoms with Gasteiger partial charge in [-0.25, -0.2) is 9.97 Å². The van der Waals surface area contributed by atoms with Crippen LogP contribution in [-0.2, 0) is 0 Å². The summed E-state index contributed by atoms with van der Waals surface area (Å²) < 4.78 is 1.84. The van der Waals surface area contributed by atoms with Gasteiger partial charge in [0, 0.05) is 41.2 Å². The van der Waals surface area contributed by atoms with E-state index in [1.54, 1.807) is 18.6 Å². The van der Waals surface area contributed by atoms with E-state index in [4.69, 9.17) is 5.73 Å². The number of imidazole rings is 1. The van der Waals surface area contributed by atoms with Crippen molar-refractivity contribution in [2.45, 2.75) is 0 Å². The van der Waals surface area contributed by atoms with E-state index in [1.807, 2.05) is 41.1 Å². The fourth-order valence-corrected chi connectivity index (χ4v) is 2.39. The van der Waals surface area contributed by atoms with Crippen LogP contribution >= 0.6 is 0 Å². The van der Waals surface area contributed by atoms with Gasteiger partial charge in [-0.2, -0.15) is 0 Å². The topological polar surface area (TPSA) is 81.1 Å². The number of nitrogen functional groups attached to an aromatic ring is 1. The molecule has 0 bridgehead atoms. The van der Waals surface area contributed by atoms with Gasteiger partial charge in [0.05, 0.1) is 6.20 Å². The molecule has 0 spiro atoms. The molecule has 3 aromatic heterocycles. The van der Waals surface area contributed by atoms with Gasteiger partial charge in [0.25, 0.3) is 0 Å². The number of nitrogens with zero attached hydrogens (tertiary/aromatic N) is 4. The number of aromatic nitrogens is 4. The molecule has 3 N–H and O–H groups in total. The maximum absolute atomic E-state index is 5.84. The van der Waals surface area contributed by atoms with Crippen molar-refractivity contribution in [1.29, 1.82) is 0 Å². The van der Waals surface area contributed by atoms with Crippen LogP contribution in [0.1, 0.15) is 0 Å². The first-order valence-electron chi connectivity index (χ1n) is 6.50. The summed E-state index contributed by atoms with van der Waals surface area (Å²) >= 11 is 0. The maximum Gasteiger partial charge on any atom is 0.180 e. The lowest BCUT2D eigenvalue weighted by Gasteiger charge is -2.10. The van der Waals surface area contributed by atoms with Gasteiger partial charge in [0.15, 0.2) is 11.5 Å². The number of hydrogen-bond acceptors (Lipinski definition) is 5. The molecule has 4 rings (SSSR count). The van der Waals surface area contributed by atoms with Crippen molar-refractivity contribution in [3.05, 3.63) is 55.2 Å². The molecule has 4 aromatic rings. The Morgan fingerprint density at radius 2 is 2.10 bits per heavy atom. The first-order chi connectivity index (χ1) is 10.3. The van der Waals surface area contributed by atoms with Crippen LogP contribution in [0.2, 0.25) is 0 Å². The summed E-state index contributed by atoms with van der Waals surface area (Å²) in [4.78, 5) is 12.8. The Morgan fingerprint density at radius 1 is 1.14 bits per heavy atom. The zero-order chi connectivity index (χ0) is 14.2. The third kappa shape index (κ3) is 1.93. The van der Waals surface area contributed by atoms with E-state index in [0.29, 0.717) is 11.6 Å². The number of benzene rings is 1. The Morgan fingerprint density at radius 3 is 3.05 bits per heavy atom. The van der Waals surface area contributed by atoms with E-state index >= 15 is 0 Å². The third-order valence-corrected chi connectivity index (χ3v) is 3.33. The largest absolute Gasteiger partial charge is 0.382 e. The van der Waals surface area contributed by atoms with E-state index in [2.05, 4.69) is 20.3 Å². The quantitative estimate of drug-likeness (QED) is 0.588. The lowest BCUT2D eigenvalue weighted by Crippen LogP contribution is -2.02. The highest BCUT2D eigenvalue weighted by molar-refractivity contribution is 5.95. The normalized spacial score (nSPS) is 11.0. The molecular weight excluding hydrogens is 264 g/mol. The first-order valence-corrected chi connectivity index (χ1v) is 6.50. The minimum atomic E-state index is 0.435. The summed E-state index contributed by atoms with van der Waals surface area (Å²) in [6, 6.07) is 7.95. The first kappa shape index (κ1) is 11.7. The van der Waals surface area contributed by atoms with Gasteiger partial charge >= 0.3 is 0 Å². The van der Waals surface area contributed by atoms with Gasteiger partial charge in [-0.05, 0) is 12.1 Å². The van der Waals surface area contributed by atoms with Crippen molar-refractivity contribution in [2.24, 2.45) is 0 Å². The summed E-state index contributed by atoms with van der Waals surface area (Å²) in [7, 11) is 0. The van der Waals surface area contributed by atoms with Gasteiger partial charge < -0.3 is 15.5 Å². The van der Waals surface area contributed by atoms with Crippen molar-refractivity contribution in [3.8, 4) is 0 Å². The predicted octanol–water partition coefficient (Wildman–Crippen LogP) is 2.60. The van der Waals surface area contributed by atoms with Crippen LogP contribution in [0.5, 0.6) is 0 Å². The zero-order valence-electron chi connectivity index (χ0n) is 11.1. The fraction of sp³-hybridized carbons (Fsp3) is 0. The Bertz CT molecular complexity index is 938. The summed E-state index contributed by atoms with van der Waals surface area (Å²) in [5.74, 6) is 1.06. The molecule has 1 aromatic carbocycles. The van der Waals surface area contributed by atoms with Crippen molar-refractivity contribution >= 4 is 33.7 Å². The average molecular weight is 276 g/mol. The molecule has 6 nitrogen and oxygen atoms in total. The van der Waals surface area contributed by atoms with Gasteiger partial charge in [-0.1, -0.05) is 12.1 Å². The molecule has 0 saturated carbocycles. The number of rotatable bonds is 2. The van der Waals surface area contributed by atoms with E-state index < -0.39 is 0 Å². The number of nitrogens with two attached hydrogens (primary N) is 1. The molecule has 0 radical (unpaired) electrons. The molecule has 0 aliphatic heterocycles. The van der Waals surface area contributed by atoms with Crippen LogP contribution < -0.4 is 11.1 Å². The Kier molecular flexibility index (Phi) is 2.47. The van der Waals surface area contributed by atoms with Gasteiger partial charge in [0.2, 0.25) is 0 Å². The van der Waals surface area contributed by atoms with E-state index in [-0.39, 0.29) is 0 Å². The molecule has 0 aliphatic carbocycles. The Hall–Kier alpha value is -3.15. The lowest BCUT2D eigenvalue weighted by atomic mass is 10.1. The number of pyridine rings is 1. The van der Waals surface area contributed by atoms with E-state index in [9.17, 15) is 0 Å². The second-order valence-electron chi connectivity index (χ2n) is 4.70. The van der Waals surface area contributed by atoms with Crippen LogP contribution in [0, 0.1) is 0 Å². The van der Waals surface area contributed by atoms with Crippen LogP contribution in [-0.4, -0.2) is 19.4 Å². The molecule has 0 aliphatic rings. The molecule has 21 heavy (non-hydrogen) atoms. The third-order valence-electron chi connectivity index (χ3n) is 3.33. The Balaban J connectivity index is 1.89. The van der Waals surface area contributed by atoms with Crippen LogP contribution in [0.25, 0.3) is 16.4 Å². The maximum atomic E-state index is 5.84. The van der Waals surface area contributed by atoms with Crippen LogP contribution in [0.3, 0.4) is 0 Å². The van der Waals surface area contributed by atoms with Gasteiger partial charge in [-0.3, -0.25) is 4.98 Å². The monoisotopic (exact) mass is 276 g/mol. The number of anilines is 3. The lowest BCUT2D eigenvalue weighted by molar-refractivity contribution is 1.14. The summed E-state index contributed by atoms with van der Waals surface area (Å²) in [6.07, 6.45) is 8.89. The molecule has 6 heteroatoms. The second-order valence-corrected chi connectivity index (χ2v) is 4.70. The molecule has 0 unspecified atom stereocenters. The molecule has 3 heterocycles. The highest BCUT2D eigenvalue weighted by atomic mass is 15.1. The van der Waals surface area contributed by atoms with Crippen molar-refractivity contribution in [1.82, 2.24) is 19.4 Å². The van der Waals surface area contributed by atoms with Crippen molar-refractivity contribution in [3.63, 3.8) is 0 Å². The summed E-state index contributed by atoms with van der Waals surface area (Å²) in [6.45, 7) is 0. The molecule has 102 valence electrons. The molecule has 0 atom stereocenters. The highest BCUT2D eigenvalue weighted by Crippen LogP contribution is 2.26. The summed E-state index contributed by atoms with van der Waals surface area (Å²) in [5.41, 5.74) is 7.51. The smallest absolute Gasteiger partial charge is 0.180 e. The second kappa shape index (κ2) is 4.45. The van der Waals surface area contributed by atoms with Crippen molar-refractivity contribution < 1.29 is 0 Å². The zero-order valence-corrected chi connectivity index (χ0v) is 11.1. The highest BCUT2D eigenvalue weighted by Gasteiger charge is 2.08. The molecule has 0 fully saturated rings. The average Bonchev–Trinajstić information content (AvgIpc) is 2.96. The molecular formula is C15H12N6. The van der Waals surface area contributed by atoms with E-state index in [1.165, 1.54) is 0 Å². The standard InChI is InChI=1S/C15H12N6/c16-13-9-21-7-6-18-15(21)14(20-13)19-12-3-1-2-10-8-17-5-4-11(10)12/h1-9H,16H2,(H,19,20). The number of hydrogen-bond donors (Lipinski definition) is 2. The van der Waals surface area contributed by atoms with E-state index in [0.717, 1.165) is 22.1 Å². The molecule has 0 saturated heterocycles.